The van der Waals surface area contributed by atoms with Gasteiger partial charge in [-0.15, -0.1) is 0 Å². The number of rotatable bonds is 8. The van der Waals surface area contributed by atoms with Crippen LogP contribution >= 0.6 is 0 Å². The first kappa shape index (κ1) is 16.8. The third-order valence-corrected chi connectivity index (χ3v) is 4.86. The van der Waals surface area contributed by atoms with Crippen molar-refractivity contribution in [1.29, 1.82) is 0 Å². The number of hydrogen-bond acceptors (Lipinski definition) is 4. The summed E-state index contributed by atoms with van der Waals surface area (Å²) >= 11 is 0. The monoisotopic (exact) mass is 325 g/mol. The fraction of sp³-hybridized carbons (Fsp3) is 0.533. The molecule has 2 rings (SSSR count). The van der Waals surface area contributed by atoms with E-state index in [1.807, 2.05) is 0 Å². The molecule has 1 aliphatic carbocycles. The molecule has 0 heterocycles. The molecule has 1 fully saturated rings. The lowest BCUT2D eigenvalue weighted by Crippen LogP contribution is -2.29. The van der Waals surface area contributed by atoms with Crippen LogP contribution in [0.1, 0.15) is 25.3 Å². The Labute approximate surface area is 131 Å². The Morgan fingerprint density at radius 1 is 1.32 bits per heavy atom. The molecule has 0 unspecified atom stereocenters. The van der Waals surface area contributed by atoms with Gasteiger partial charge >= 0.3 is 0 Å². The van der Waals surface area contributed by atoms with Crippen LogP contribution in [0.3, 0.4) is 0 Å². The lowest BCUT2D eigenvalue weighted by atomic mass is 10.2. The molecule has 3 N–H and O–H groups in total. The third-order valence-electron chi connectivity index (χ3n) is 3.57. The number of sulfonamides is 1. The van der Waals surface area contributed by atoms with E-state index >= 15 is 0 Å². The largest absolute Gasteiger partial charge is 0.325 e. The summed E-state index contributed by atoms with van der Waals surface area (Å²) in [5.74, 6) is 0.667. The van der Waals surface area contributed by atoms with E-state index in [0.29, 0.717) is 17.9 Å². The summed E-state index contributed by atoms with van der Waals surface area (Å²) in [5, 5.41) is 5.93. The summed E-state index contributed by atoms with van der Waals surface area (Å²) in [6.45, 7) is 4.57. The smallest absolute Gasteiger partial charge is 0.238 e. The van der Waals surface area contributed by atoms with Crippen molar-refractivity contribution in [3.63, 3.8) is 0 Å². The summed E-state index contributed by atoms with van der Waals surface area (Å²) in [6.07, 6.45) is 2.51. The van der Waals surface area contributed by atoms with Gasteiger partial charge in [-0.3, -0.25) is 9.52 Å². The van der Waals surface area contributed by atoms with Gasteiger partial charge in [-0.25, -0.2) is 8.42 Å². The van der Waals surface area contributed by atoms with Crippen LogP contribution in [0.2, 0.25) is 0 Å². The van der Waals surface area contributed by atoms with E-state index in [4.69, 9.17) is 0 Å². The molecule has 122 valence electrons. The maximum Gasteiger partial charge on any atom is 0.238 e. The molecule has 0 radical (unpaired) electrons. The number of hydrogen-bond donors (Lipinski definition) is 3. The van der Waals surface area contributed by atoms with Gasteiger partial charge in [-0.2, -0.15) is 0 Å². The summed E-state index contributed by atoms with van der Waals surface area (Å²) < 4.78 is 25.7. The molecule has 1 amide bonds. The van der Waals surface area contributed by atoms with E-state index in [0.717, 1.165) is 18.0 Å². The Bertz CT molecular complexity index is 639. The van der Waals surface area contributed by atoms with Gasteiger partial charge in [-0.05, 0) is 62.9 Å². The fourth-order valence-electron chi connectivity index (χ4n) is 2.01. The number of nitrogens with one attached hydrogen (secondary N) is 3. The van der Waals surface area contributed by atoms with Gasteiger partial charge in [0.2, 0.25) is 15.9 Å². The van der Waals surface area contributed by atoms with Gasteiger partial charge in [0, 0.05) is 5.69 Å². The molecular formula is C15H23N3O3S. The van der Waals surface area contributed by atoms with Crippen LogP contribution in [0, 0.1) is 12.8 Å². The standard InChI is InChI=1S/C15H23N3O3S/c1-3-22(20,21)18-14-7-6-13(8-11(14)2)17-15(19)10-16-9-12-4-5-12/h6-8,12,16,18H,3-5,9-10H2,1-2H3,(H,17,19). The molecule has 1 saturated carbocycles. The highest BCUT2D eigenvalue weighted by Gasteiger charge is 2.20. The molecule has 0 atom stereocenters. The summed E-state index contributed by atoms with van der Waals surface area (Å²) in [5.41, 5.74) is 1.96. The predicted molar refractivity (Wildman–Crippen MR) is 88.5 cm³/mol. The molecule has 22 heavy (non-hydrogen) atoms. The number of carbonyl (C=O) groups excluding carboxylic acids is 1. The van der Waals surface area contributed by atoms with Crippen LogP contribution in [0.5, 0.6) is 0 Å². The molecule has 0 spiro atoms. The number of carbonyl (C=O) groups is 1. The van der Waals surface area contributed by atoms with Crippen LogP contribution in [-0.4, -0.2) is 33.2 Å². The van der Waals surface area contributed by atoms with E-state index in [2.05, 4.69) is 15.4 Å². The minimum Gasteiger partial charge on any atom is -0.325 e. The Balaban J connectivity index is 1.89. The Morgan fingerprint density at radius 2 is 2.05 bits per heavy atom. The molecule has 0 aliphatic heterocycles. The highest BCUT2D eigenvalue weighted by atomic mass is 32.2. The van der Waals surface area contributed by atoms with Gasteiger partial charge in [0.15, 0.2) is 0 Å². The summed E-state index contributed by atoms with van der Waals surface area (Å²) in [6, 6.07) is 5.11. The molecule has 1 aromatic carbocycles. The van der Waals surface area contributed by atoms with Crippen molar-refractivity contribution in [1.82, 2.24) is 5.32 Å². The lowest BCUT2D eigenvalue weighted by Gasteiger charge is -2.12. The minimum absolute atomic E-state index is 0.0254. The maximum atomic E-state index is 11.8. The SMILES string of the molecule is CCS(=O)(=O)Nc1ccc(NC(=O)CNCC2CC2)cc1C. The topological polar surface area (TPSA) is 87.3 Å². The normalized spacial score (nSPS) is 14.6. The number of anilines is 2. The lowest BCUT2D eigenvalue weighted by molar-refractivity contribution is -0.115. The Hall–Kier alpha value is -1.60. The van der Waals surface area contributed by atoms with Gasteiger partial charge in [0.25, 0.3) is 0 Å². The van der Waals surface area contributed by atoms with Crippen molar-refractivity contribution < 1.29 is 13.2 Å². The number of amides is 1. The second-order valence-corrected chi connectivity index (χ2v) is 7.67. The van der Waals surface area contributed by atoms with E-state index in [1.54, 1.807) is 32.0 Å². The molecular weight excluding hydrogens is 302 g/mol. The summed E-state index contributed by atoms with van der Waals surface area (Å²) in [7, 11) is -3.29. The Kier molecular flexibility index (Phi) is 5.42. The molecule has 1 aromatic rings. The van der Waals surface area contributed by atoms with Crippen LogP contribution in [0.15, 0.2) is 18.2 Å². The van der Waals surface area contributed by atoms with E-state index in [-0.39, 0.29) is 11.7 Å². The van der Waals surface area contributed by atoms with Gasteiger partial charge < -0.3 is 10.6 Å². The minimum atomic E-state index is -3.29. The molecule has 0 aromatic heterocycles. The first-order chi connectivity index (χ1) is 10.4. The highest BCUT2D eigenvalue weighted by molar-refractivity contribution is 7.92. The second kappa shape index (κ2) is 7.11. The second-order valence-electron chi connectivity index (χ2n) is 5.66. The molecule has 0 bridgehead atoms. The van der Waals surface area contributed by atoms with Crippen molar-refractivity contribution in [2.45, 2.75) is 26.7 Å². The first-order valence-electron chi connectivity index (χ1n) is 7.51. The van der Waals surface area contributed by atoms with Crippen molar-refractivity contribution in [2.24, 2.45) is 5.92 Å². The van der Waals surface area contributed by atoms with Crippen LogP contribution in [0.4, 0.5) is 11.4 Å². The molecule has 6 nitrogen and oxygen atoms in total. The third kappa shape index (κ3) is 5.31. The average Bonchev–Trinajstić information content (AvgIpc) is 3.26. The quantitative estimate of drug-likeness (QED) is 0.679. The fourth-order valence-corrected chi connectivity index (χ4v) is 2.72. The van der Waals surface area contributed by atoms with Crippen LogP contribution < -0.4 is 15.4 Å². The predicted octanol–water partition coefficient (Wildman–Crippen LogP) is 1.69. The van der Waals surface area contributed by atoms with Crippen molar-refractivity contribution >= 4 is 27.3 Å². The van der Waals surface area contributed by atoms with Crippen molar-refractivity contribution in [2.75, 3.05) is 28.9 Å². The first-order valence-corrected chi connectivity index (χ1v) is 9.16. The summed E-state index contributed by atoms with van der Waals surface area (Å²) in [4.78, 5) is 11.8. The average molecular weight is 325 g/mol. The Morgan fingerprint density at radius 3 is 2.64 bits per heavy atom. The van der Waals surface area contributed by atoms with Crippen molar-refractivity contribution in [3.8, 4) is 0 Å². The zero-order valence-corrected chi connectivity index (χ0v) is 13.8. The number of benzene rings is 1. The molecule has 1 aliphatic rings. The van der Waals surface area contributed by atoms with Crippen LogP contribution in [0.25, 0.3) is 0 Å². The zero-order chi connectivity index (χ0) is 16.2. The van der Waals surface area contributed by atoms with Gasteiger partial charge in [0.05, 0.1) is 18.0 Å². The maximum absolute atomic E-state index is 11.8. The highest BCUT2D eigenvalue weighted by Crippen LogP contribution is 2.27. The molecule has 7 heteroatoms. The van der Waals surface area contributed by atoms with Gasteiger partial charge in [-0.1, -0.05) is 0 Å². The van der Waals surface area contributed by atoms with Crippen LogP contribution in [-0.2, 0) is 14.8 Å². The van der Waals surface area contributed by atoms with Crippen molar-refractivity contribution in [3.05, 3.63) is 23.8 Å². The van der Waals surface area contributed by atoms with E-state index in [1.165, 1.54) is 12.8 Å². The molecule has 0 saturated heterocycles. The van der Waals surface area contributed by atoms with Gasteiger partial charge in [0.1, 0.15) is 0 Å². The zero-order valence-electron chi connectivity index (χ0n) is 13.0. The van der Waals surface area contributed by atoms with E-state index < -0.39 is 10.0 Å². The number of aryl methyl sites for hydroxylation is 1. The van der Waals surface area contributed by atoms with E-state index in [9.17, 15) is 13.2 Å².